The number of esters is 2. The zero-order chi connectivity index (χ0) is 16.1. The van der Waals surface area contributed by atoms with Crippen molar-refractivity contribution in [3.05, 3.63) is 28.8 Å². The second-order valence-corrected chi connectivity index (χ2v) is 5.34. The van der Waals surface area contributed by atoms with Crippen molar-refractivity contribution in [3.63, 3.8) is 0 Å². The van der Waals surface area contributed by atoms with Gasteiger partial charge in [-0.25, -0.2) is 9.59 Å². The number of aryl methyl sites for hydroxylation is 1. The molecule has 1 heterocycles. The molecule has 5 nitrogen and oxygen atoms in total. The highest BCUT2D eigenvalue weighted by atomic mass is 35.5. The van der Waals surface area contributed by atoms with Crippen LogP contribution >= 0.6 is 11.6 Å². The van der Waals surface area contributed by atoms with Gasteiger partial charge in [-0.3, -0.25) is 0 Å². The van der Waals surface area contributed by atoms with Crippen LogP contribution in [0.3, 0.4) is 0 Å². The highest BCUT2D eigenvalue weighted by Gasteiger charge is 2.27. The number of rotatable bonds is 5. The van der Waals surface area contributed by atoms with Gasteiger partial charge in [0.15, 0.2) is 6.07 Å². The molecule has 1 aliphatic heterocycles. The first-order valence-electron chi connectivity index (χ1n) is 7.35. The Morgan fingerprint density at radius 2 is 1.91 bits per heavy atom. The van der Waals surface area contributed by atoms with Crippen LogP contribution in [0.15, 0.2) is 12.1 Å². The molecule has 0 unspecified atom stereocenters. The number of hydrogen-bond donors (Lipinski definition) is 0. The van der Waals surface area contributed by atoms with Gasteiger partial charge in [-0.15, -0.1) is 0 Å². The minimum absolute atomic E-state index is 0.235. The summed E-state index contributed by atoms with van der Waals surface area (Å²) in [6.45, 7) is 3.71. The van der Waals surface area contributed by atoms with Crippen LogP contribution in [0.25, 0.3) is 0 Å². The van der Waals surface area contributed by atoms with E-state index in [1.807, 2.05) is 13.0 Å². The largest absolute Gasteiger partial charge is 0.465 e. The molecule has 0 saturated carbocycles. The highest BCUT2D eigenvalue weighted by molar-refractivity contribution is 6.18. The van der Waals surface area contributed by atoms with E-state index in [1.165, 1.54) is 7.11 Å². The Kier molecular flexibility index (Phi) is 5.66. The number of anilines is 1. The molecule has 0 spiro atoms. The van der Waals surface area contributed by atoms with E-state index in [9.17, 15) is 9.59 Å². The third-order valence-electron chi connectivity index (χ3n) is 3.83. The third kappa shape index (κ3) is 3.35. The van der Waals surface area contributed by atoms with Crippen LogP contribution in [-0.2, 0) is 15.9 Å². The first-order valence-corrected chi connectivity index (χ1v) is 7.89. The van der Waals surface area contributed by atoms with Gasteiger partial charge in [0.1, 0.15) is 0 Å². The standard InChI is InChI=1S/C16H20ClNO4/c1-3-11-8-12(15(19)21-2)14(16(20)22-10-17)13(9-11)18-6-4-5-7-18/h8-9H,3-7,10H2,1-2H3. The normalized spacial score (nSPS) is 14.0. The molecule has 0 bridgehead atoms. The molecule has 2 rings (SSSR count). The van der Waals surface area contributed by atoms with Crippen LogP contribution in [0.5, 0.6) is 0 Å². The fourth-order valence-electron chi connectivity index (χ4n) is 2.70. The van der Waals surface area contributed by atoms with Crippen molar-refractivity contribution >= 4 is 29.2 Å². The van der Waals surface area contributed by atoms with Crippen molar-refractivity contribution in [1.82, 2.24) is 0 Å². The molecule has 0 N–H and O–H groups in total. The van der Waals surface area contributed by atoms with E-state index in [0.29, 0.717) is 0 Å². The third-order valence-corrected chi connectivity index (χ3v) is 3.94. The Bertz CT molecular complexity index is 568. The SMILES string of the molecule is CCc1cc(C(=O)OC)c(C(=O)OCCl)c(N2CCCC2)c1. The van der Waals surface area contributed by atoms with Gasteiger partial charge < -0.3 is 14.4 Å². The Morgan fingerprint density at radius 3 is 2.45 bits per heavy atom. The zero-order valence-electron chi connectivity index (χ0n) is 12.9. The van der Waals surface area contributed by atoms with Gasteiger partial charge in [0.25, 0.3) is 0 Å². The van der Waals surface area contributed by atoms with Gasteiger partial charge in [0.05, 0.1) is 23.9 Å². The predicted octanol–water partition coefficient (Wildman–Crippen LogP) is 2.99. The number of ether oxygens (including phenoxy) is 2. The van der Waals surface area contributed by atoms with E-state index < -0.39 is 11.9 Å². The molecule has 0 aliphatic carbocycles. The Morgan fingerprint density at radius 1 is 1.23 bits per heavy atom. The van der Waals surface area contributed by atoms with Crippen molar-refractivity contribution in [2.75, 3.05) is 31.2 Å². The Hall–Kier alpha value is -1.75. The summed E-state index contributed by atoms with van der Waals surface area (Å²) >= 11 is 5.51. The maximum atomic E-state index is 12.3. The quantitative estimate of drug-likeness (QED) is 0.615. The number of alkyl halides is 1. The van der Waals surface area contributed by atoms with Crippen LogP contribution in [0.2, 0.25) is 0 Å². The van der Waals surface area contributed by atoms with Crippen LogP contribution in [0.4, 0.5) is 5.69 Å². The summed E-state index contributed by atoms with van der Waals surface area (Å²) in [6, 6.07) is 3.38. The molecular formula is C16H20ClNO4. The Labute approximate surface area is 135 Å². The number of nitrogens with zero attached hydrogens (tertiary/aromatic N) is 1. The lowest BCUT2D eigenvalue weighted by molar-refractivity contribution is 0.0540. The molecule has 1 aliphatic rings. The van der Waals surface area contributed by atoms with Crippen molar-refractivity contribution in [2.45, 2.75) is 26.2 Å². The summed E-state index contributed by atoms with van der Waals surface area (Å²) in [5, 5.41) is 0. The first kappa shape index (κ1) is 16.6. The van der Waals surface area contributed by atoms with Gasteiger partial charge >= 0.3 is 11.9 Å². The molecule has 1 fully saturated rings. The van der Waals surface area contributed by atoms with Crippen LogP contribution in [0.1, 0.15) is 46.0 Å². The molecular weight excluding hydrogens is 306 g/mol. The minimum atomic E-state index is -0.597. The maximum absolute atomic E-state index is 12.3. The number of benzene rings is 1. The average molecular weight is 326 g/mol. The van der Waals surface area contributed by atoms with Gasteiger partial charge in [-0.1, -0.05) is 18.5 Å². The van der Waals surface area contributed by atoms with Crippen molar-refractivity contribution < 1.29 is 19.1 Å². The first-order chi connectivity index (χ1) is 10.6. The maximum Gasteiger partial charge on any atom is 0.342 e. The lowest BCUT2D eigenvalue weighted by atomic mass is 9.99. The van der Waals surface area contributed by atoms with E-state index in [-0.39, 0.29) is 17.2 Å². The number of methoxy groups -OCH3 is 1. The van der Waals surface area contributed by atoms with Gasteiger partial charge in [-0.05, 0) is 37.0 Å². The minimum Gasteiger partial charge on any atom is -0.465 e. The number of halogens is 1. The summed E-state index contributed by atoms with van der Waals surface area (Å²) in [6.07, 6.45) is 2.89. The van der Waals surface area contributed by atoms with E-state index in [4.69, 9.17) is 21.1 Å². The summed E-state index contributed by atoms with van der Waals surface area (Å²) in [5.74, 6) is -1.14. The molecule has 0 amide bonds. The zero-order valence-corrected chi connectivity index (χ0v) is 13.6. The van der Waals surface area contributed by atoms with Gasteiger partial charge in [-0.2, -0.15) is 0 Å². The van der Waals surface area contributed by atoms with E-state index in [1.54, 1.807) is 6.07 Å². The Balaban J connectivity index is 2.61. The summed E-state index contributed by atoms with van der Waals surface area (Å²) in [4.78, 5) is 26.5. The fourth-order valence-corrected chi connectivity index (χ4v) is 2.80. The predicted molar refractivity (Wildman–Crippen MR) is 84.7 cm³/mol. The molecule has 0 radical (unpaired) electrons. The molecule has 120 valence electrons. The van der Waals surface area contributed by atoms with E-state index in [0.717, 1.165) is 43.6 Å². The van der Waals surface area contributed by atoms with Crippen LogP contribution < -0.4 is 4.90 Å². The number of hydrogen-bond acceptors (Lipinski definition) is 5. The highest BCUT2D eigenvalue weighted by Crippen LogP contribution is 2.30. The second-order valence-electron chi connectivity index (χ2n) is 5.12. The van der Waals surface area contributed by atoms with Gasteiger partial charge in [0, 0.05) is 13.1 Å². The van der Waals surface area contributed by atoms with E-state index >= 15 is 0 Å². The second kappa shape index (κ2) is 7.49. The summed E-state index contributed by atoms with van der Waals surface area (Å²) in [5.41, 5.74) is 2.18. The van der Waals surface area contributed by atoms with Crippen LogP contribution in [-0.4, -0.2) is 38.2 Å². The van der Waals surface area contributed by atoms with Gasteiger partial charge in [0.2, 0.25) is 0 Å². The van der Waals surface area contributed by atoms with Crippen molar-refractivity contribution in [3.8, 4) is 0 Å². The molecule has 6 heteroatoms. The fraction of sp³-hybridized carbons (Fsp3) is 0.500. The molecule has 1 aromatic carbocycles. The molecule has 1 saturated heterocycles. The lowest BCUT2D eigenvalue weighted by Gasteiger charge is -2.23. The molecule has 1 aromatic rings. The van der Waals surface area contributed by atoms with Crippen molar-refractivity contribution in [1.29, 1.82) is 0 Å². The summed E-state index contributed by atoms with van der Waals surface area (Å²) < 4.78 is 9.75. The monoisotopic (exact) mass is 325 g/mol. The number of carbonyl (C=O) groups is 2. The topological polar surface area (TPSA) is 55.8 Å². The number of carbonyl (C=O) groups excluding carboxylic acids is 2. The smallest absolute Gasteiger partial charge is 0.342 e. The summed E-state index contributed by atoms with van der Waals surface area (Å²) in [7, 11) is 1.30. The van der Waals surface area contributed by atoms with Crippen molar-refractivity contribution in [2.24, 2.45) is 0 Å². The molecule has 22 heavy (non-hydrogen) atoms. The average Bonchev–Trinajstić information content (AvgIpc) is 3.07. The molecule has 0 aromatic heterocycles. The lowest BCUT2D eigenvalue weighted by Crippen LogP contribution is -2.24. The van der Waals surface area contributed by atoms with Crippen LogP contribution in [0, 0.1) is 0 Å². The van der Waals surface area contributed by atoms with E-state index in [2.05, 4.69) is 4.90 Å². The molecule has 0 atom stereocenters.